The fourth-order valence-corrected chi connectivity index (χ4v) is 11.0. The molecule has 0 saturated heterocycles. The maximum atomic E-state index is 14.7. The lowest BCUT2D eigenvalue weighted by molar-refractivity contribution is -0.124. The Morgan fingerprint density at radius 1 is 1.00 bits per heavy atom. The second-order valence-corrected chi connectivity index (χ2v) is 25.2. The van der Waals surface area contributed by atoms with E-state index >= 15 is 0 Å². The molecule has 3 N–H and O–H groups in total. The molecule has 318 valence electrons. The van der Waals surface area contributed by atoms with Crippen molar-refractivity contribution in [1.29, 1.82) is 0 Å². The molecule has 59 heavy (non-hydrogen) atoms. The van der Waals surface area contributed by atoms with E-state index < -0.39 is 36.0 Å². The molecule has 6 rings (SSSR count). The molecule has 14 heteroatoms. The number of carbonyl (C=O) groups is 1. The van der Waals surface area contributed by atoms with Crippen LogP contribution < -0.4 is 10.1 Å². The van der Waals surface area contributed by atoms with E-state index in [-0.39, 0.29) is 23.6 Å². The summed E-state index contributed by atoms with van der Waals surface area (Å²) >= 11 is 0. The number of ether oxygens (including phenoxy) is 1. The first kappa shape index (κ1) is 44.4. The predicted molar refractivity (Wildman–Crippen MR) is 239 cm³/mol. The summed E-state index contributed by atoms with van der Waals surface area (Å²) < 4.78 is 40.3. The highest BCUT2D eigenvalue weighted by Crippen LogP contribution is 2.58. The molecule has 3 heterocycles. The summed E-state index contributed by atoms with van der Waals surface area (Å²) in [5.41, 5.74) is 5.14. The van der Waals surface area contributed by atoms with Gasteiger partial charge in [-0.05, 0) is 105 Å². The van der Waals surface area contributed by atoms with Gasteiger partial charge >= 0.3 is 0 Å². The van der Waals surface area contributed by atoms with Crippen LogP contribution in [0.5, 0.6) is 5.75 Å². The molecule has 0 saturated carbocycles. The van der Waals surface area contributed by atoms with Crippen LogP contribution in [0.4, 0.5) is 5.69 Å². The average molecular weight is 842 g/mol. The molecular weight excluding hydrogens is 779 g/mol. The summed E-state index contributed by atoms with van der Waals surface area (Å²) in [6.45, 7) is 28.3. The molecule has 2 unspecified atom stereocenters. The smallest absolute Gasteiger partial charge is 0.231 e. The Balaban J connectivity index is 1.38. The molecule has 0 aliphatic carbocycles. The van der Waals surface area contributed by atoms with Gasteiger partial charge in [-0.3, -0.25) is 13.9 Å². The monoisotopic (exact) mass is 841 g/mol. The van der Waals surface area contributed by atoms with Gasteiger partial charge in [0.1, 0.15) is 27.9 Å². The van der Waals surface area contributed by atoms with Gasteiger partial charge in [-0.2, -0.15) is 4.31 Å². The van der Waals surface area contributed by atoms with Crippen molar-refractivity contribution in [2.45, 2.75) is 136 Å². The number of nitrogens with zero attached hydrogens (tertiary/aromatic N) is 6. The maximum absolute atomic E-state index is 14.7. The Kier molecular flexibility index (Phi) is 12.3. The van der Waals surface area contributed by atoms with Crippen molar-refractivity contribution < 1.29 is 23.1 Å². The minimum Gasteiger partial charge on any atom is -0.487 e. The molecule has 1 amide bonds. The Morgan fingerprint density at radius 2 is 1.68 bits per heavy atom. The van der Waals surface area contributed by atoms with Crippen LogP contribution in [0.1, 0.15) is 108 Å². The van der Waals surface area contributed by atoms with Crippen LogP contribution >= 0.6 is 10.8 Å². The van der Waals surface area contributed by atoms with E-state index in [0.717, 1.165) is 38.9 Å². The fraction of sp³-hybridized carbons (Fsp3) is 0.489. The second-order valence-electron chi connectivity index (χ2n) is 18.5. The van der Waals surface area contributed by atoms with Crippen molar-refractivity contribution >= 4 is 41.7 Å². The number of benzene rings is 3. The number of nitrogens with one attached hydrogen (secondary N) is 1. The van der Waals surface area contributed by atoms with Gasteiger partial charge in [-0.25, -0.2) is 14.6 Å². The number of hydrogen-bond donors (Lipinski definition) is 3. The first-order chi connectivity index (χ1) is 27.5. The van der Waals surface area contributed by atoms with E-state index in [1.165, 1.54) is 0 Å². The number of amides is 1. The first-order valence-electron chi connectivity index (χ1n) is 20.6. The number of carbonyl (C=O) groups excluding carboxylic acids is 1. The highest BCUT2D eigenvalue weighted by molar-refractivity contribution is 8.22. The third kappa shape index (κ3) is 8.71. The van der Waals surface area contributed by atoms with Crippen molar-refractivity contribution in [2.24, 2.45) is 5.41 Å². The summed E-state index contributed by atoms with van der Waals surface area (Å²) in [4.78, 5) is 24.5. The molecule has 2 aromatic heterocycles. The van der Waals surface area contributed by atoms with Gasteiger partial charge in [0.15, 0.2) is 14.1 Å². The minimum atomic E-state index is -3.39. The third-order valence-corrected chi connectivity index (χ3v) is 18.9. The highest BCUT2D eigenvalue weighted by atomic mass is 32.3. The number of anilines is 1. The van der Waals surface area contributed by atoms with Crippen LogP contribution in [0.25, 0.3) is 11.0 Å². The zero-order chi connectivity index (χ0) is 43.3. The van der Waals surface area contributed by atoms with Crippen LogP contribution in [0.3, 0.4) is 0 Å². The van der Waals surface area contributed by atoms with Crippen molar-refractivity contribution in [2.75, 3.05) is 11.9 Å². The lowest BCUT2D eigenvalue weighted by Gasteiger charge is -2.42. The van der Waals surface area contributed by atoms with Crippen LogP contribution in [-0.2, 0) is 27.9 Å². The lowest BCUT2D eigenvalue weighted by atomic mass is 9.69. The summed E-state index contributed by atoms with van der Waals surface area (Å²) in [5.74, 6) is 0.382. The van der Waals surface area contributed by atoms with E-state index in [1.54, 1.807) is 34.9 Å². The zero-order valence-corrected chi connectivity index (χ0v) is 38.9. The first-order valence-corrected chi connectivity index (χ1v) is 25.0. The SMILES string of the molecule is CCC1CN(Cc2cc(C(c3ccc4c(nnn4CC)c3C)C(C)(C)C(=O)Nc3cnc(C(C)(C)O[Si](C)(C)C(C)(C)C)nc3)ccc2C)S(O)(O)c2ccccc2O1. The molecule has 3 aromatic carbocycles. The number of hydrogen-bond acceptors (Lipinski definition) is 10. The van der Waals surface area contributed by atoms with E-state index in [9.17, 15) is 13.9 Å². The molecule has 0 radical (unpaired) electrons. The van der Waals surface area contributed by atoms with E-state index in [2.05, 4.69) is 73.8 Å². The molecule has 5 aromatic rings. The molecule has 1 aliphatic rings. The van der Waals surface area contributed by atoms with Gasteiger partial charge < -0.3 is 14.5 Å². The Bertz CT molecular complexity index is 2320. The topological polar surface area (TPSA) is 148 Å². The summed E-state index contributed by atoms with van der Waals surface area (Å²) in [5, 5.41) is 12.1. The van der Waals surface area contributed by atoms with Gasteiger partial charge in [0, 0.05) is 19.0 Å². The number of fused-ring (bicyclic) bond motifs is 2. The fourth-order valence-electron chi connectivity index (χ4n) is 7.74. The second kappa shape index (κ2) is 16.4. The zero-order valence-electron chi connectivity index (χ0n) is 37.0. The number of para-hydroxylation sites is 1. The van der Waals surface area contributed by atoms with Crippen LogP contribution in [0.2, 0.25) is 18.1 Å². The molecule has 0 fully saturated rings. The predicted octanol–water partition coefficient (Wildman–Crippen LogP) is 10.6. The summed E-state index contributed by atoms with van der Waals surface area (Å²) in [6.07, 6.45) is 3.77. The van der Waals surface area contributed by atoms with Crippen molar-refractivity contribution in [3.8, 4) is 5.75 Å². The molecule has 0 bridgehead atoms. The Morgan fingerprint density at radius 3 is 2.32 bits per heavy atom. The summed E-state index contributed by atoms with van der Waals surface area (Å²) in [6, 6.07) is 17.5. The quantitative estimate of drug-likeness (QED) is 0.104. The van der Waals surface area contributed by atoms with Crippen LogP contribution in [0, 0.1) is 19.3 Å². The van der Waals surface area contributed by atoms with Gasteiger partial charge in [0.25, 0.3) is 0 Å². The van der Waals surface area contributed by atoms with Gasteiger partial charge in [0.2, 0.25) is 5.91 Å². The normalized spacial score (nSPS) is 17.5. The van der Waals surface area contributed by atoms with Crippen molar-refractivity contribution in [1.82, 2.24) is 29.3 Å². The molecule has 1 aliphatic heterocycles. The van der Waals surface area contributed by atoms with Gasteiger partial charge in [-0.15, -0.1) is 15.9 Å². The van der Waals surface area contributed by atoms with Crippen LogP contribution in [-0.4, -0.2) is 65.2 Å². The van der Waals surface area contributed by atoms with Gasteiger partial charge in [-0.1, -0.05) is 83.2 Å². The number of aromatic nitrogens is 5. The molecule has 0 spiro atoms. The largest absolute Gasteiger partial charge is 0.487 e. The lowest BCUT2D eigenvalue weighted by Crippen LogP contribution is -2.46. The van der Waals surface area contributed by atoms with E-state index in [4.69, 9.17) is 19.1 Å². The van der Waals surface area contributed by atoms with Crippen molar-refractivity contribution in [3.63, 3.8) is 0 Å². The average Bonchev–Trinajstić information content (AvgIpc) is 3.55. The van der Waals surface area contributed by atoms with E-state index in [0.29, 0.717) is 41.7 Å². The molecule has 12 nitrogen and oxygen atoms in total. The third-order valence-electron chi connectivity index (χ3n) is 12.4. The minimum absolute atomic E-state index is 0.0173. The van der Waals surface area contributed by atoms with Crippen LogP contribution in [0.15, 0.2) is 71.9 Å². The van der Waals surface area contributed by atoms with Gasteiger partial charge in [0.05, 0.1) is 35.6 Å². The summed E-state index contributed by atoms with van der Waals surface area (Å²) in [7, 11) is -5.52. The maximum Gasteiger partial charge on any atom is 0.231 e. The standard InChI is InChI=1S/C45H63N7O5SSi/c1-14-34-28-51(58(54,55)38-19-17-16-18-37(38)56-34)27-32-24-31(21-20-29(32)3)39(35-22-23-36-40(30(35)4)49-50-52(36)15-2)44(8,9)42(53)48-33-25-46-41(47-26-33)45(10,11)57-59(12,13)43(5,6)7/h16-26,34,39,54-55H,14-15,27-28H2,1-13H3,(H,48,53). The highest BCUT2D eigenvalue weighted by Gasteiger charge is 2.44. The Hall–Kier alpha value is -4.18. The van der Waals surface area contributed by atoms with E-state index in [1.807, 2.05) is 72.2 Å². The molecular formula is C45H63N7O5SSi. The number of rotatable bonds is 12. The Labute approximate surface area is 352 Å². The number of aryl methyl sites for hydroxylation is 3. The van der Waals surface area contributed by atoms with Crippen molar-refractivity contribution in [3.05, 3.63) is 101 Å². The molecule has 2 atom stereocenters.